The molecule has 0 radical (unpaired) electrons. The van der Waals surface area contributed by atoms with Gasteiger partial charge in [-0.05, 0) is 19.1 Å². The average Bonchev–Trinajstić information content (AvgIpc) is 2.92. The van der Waals surface area contributed by atoms with Crippen molar-refractivity contribution in [1.82, 2.24) is 19.9 Å². The van der Waals surface area contributed by atoms with Crippen LogP contribution in [-0.2, 0) is 0 Å². The van der Waals surface area contributed by atoms with E-state index in [2.05, 4.69) is 15.3 Å². The van der Waals surface area contributed by atoms with Crippen LogP contribution in [0.2, 0.25) is 0 Å². The predicted octanol–water partition coefficient (Wildman–Crippen LogP) is 0.378. The maximum absolute atomic E-state index is 11.9. The number of carbonyl (C=O) groups is 1. The molecule has 0 spiro atoms. The fourth-order valence-corrected chi connectivity index (χ4v) is 1.45. The number of rotatable bonds is 4. The van der Waals surface area contributed by atoms with Crippen molar-refractivity contribution in [2.75, 3.05) is 6.61 Å². The van der Waals surface area contributed by atoms with E-state index in [0.717, 1.165) is 0 Å². The van der Waals surface area contributed by atoms with Gasteiger partial charge in [0.25, 0.3) is 5.91 Å². The van der Waals surface area contributed by atoms with Crippen LogP contribution in [0.4, 0.5) is 0 Å². The van der Waals surface area contributed by atoms with E-state index in [1.54, 1.807) is 48.5 Å². The van der Waals surface area contributed by atoms with E-state index < -0.39 is 0 Å². The van der Waals surface area contributed by atoms with Crippen molar-refractivity contribution in [2.24, 2.45) is 0 Å². The smallest absolute Gasteiger partial charge is 0.251 e. The molecule has 0 saturated carbocycles. The lowest BCUT2D eigenvalue weighted by molar-refractivity contribution is 0.0922. The molecule has 1 atom stereocenters. The summed E-state index contributed by atoms with van der Waals surface area (Å²) < 4.78 is 1.71. The third-order valence-electron chi connectivity index (χ3n) is 2.43. The van der Waals surface area contributed by atoms with Crippen molar-refractivity contribution < 1.29 is 9.90 Å². The van der Waals surface area contributed by atoms with Crippen LogP contribution in [-0.4, -0.2) is 38.2 Å². The Morgan fingerprint density at radius 2 is 2.39 bits per heavy atom. The van der Waals surface area contributed by atoms with Crippen molar-refractivity contribution in [3.8, 4) is 5.82 Å². The highest BCUT2D eigenvalue weighted by Crippen LogP contribution is 2.07. The largest absolute Gasteiger partial charge is 0.394 e. The van der Waals surface area contributed by atoms with E-state index in [4.69, 9.17) is 5.11 Å². The zero-order valence-electron chi connectivity index (χ0n) is 9.95. The Balaban J connectivity index is 2.20. The summed E-state index contributed by atoms with van der Waals surface area (Å²) in [6.45, 7) is 1.64. The third kappa shape index (κ3) is 2.72. The molecule has 94 valence electrons. The minimum absolute atomic E-state index is 0.0921. The molecule has 0 aromatic carbocycles. The molecule has 0 aliphatic heterocycles. The van der Waals surface area contributed by atoms with E-state index in [9.17, 15) is 4.79 Å². The SMILES string of the molecule is CC(CO)NC(=O)c1ccnc(-n2ccnc2)c1. The number of aromatic nitrogens is 3. The molecule has 1 unspecified atom stereocenters. The van der Waals surface area contributed by atoms with Crippen molar-refractivity contribution in [3.63, 3.8) is 0 Å². The number of amides is 1. The Bertz CT molecular complexity index is 525. The van der Waals surface area contributed by atoms with Gasteiger partial charge in [0.05, 0.1) is 6.61 Å². The fourth-order valence-electron chi connectivity index (χ4n) is 1.45. The first kappa shape index (κ1) is 12.3. The van der Waals surface area contributed by atoms with E-state index in [1.165, 1.54) is 0 Å². The topological polar surface area (TPSA) is 80.0 Å². The van der Waals surface area contributed by atoms with Gasteiger partial charge in [0, 0.05) is 30.2 Å². The summed E-state index contributed by atoms with van der Waals surface area (Å²) >= 11 is 0. The normalized spacial score (nSPS) is 12.1. The Kier molecular flexibility index (Phi) is 3.69. The van der Waals surface area contributed by atoms with Gasteiger partial charge in [0.1, 0.15) is 12.1 Å². The summed E-state index contributed by atoms with van der Waals surface area (Å²) in [5.41, 5.74) is 0.494. The molecule has 6 heteroatoms. The highest BCUT2D eigenvalue weighted by atomic mass is 16.3. The first-order valence-corrected chi connectivity index (χ1v) is 5.57. The molecule has 2 N–H and O–H groups in total. The highest BCUT2D eigenvalue weighted by molar-refractivity contribution is 5.94. The average molecular weight is 246 g/mol. The monoisotopic (exact) mass is 246 g/mol. The van der Waals surface area contributed by atoms with Crippen LogP contribution < -0.4 is 5.32 Å². The van der Waals surface area contributed by atoms with Crippen molar-refractivity contribution in [3.05, 3.63) is 42.6 Å². The number of nitrogens with zero attached hydrogens (tertiary/aromatic N) is 3. The number of aliphatic hydroxyl groups excluding tert-OH is 1. The molecular formula is C12H14N4O2. The minimum Gasteiger partial charge on any atom is -0.394 e. The summed E-state index contributed by atoms with van der Waals surface area (Å²) in [5.74, 6) is 0.386. The van der Waals surface area contributed by atoms with Crippen LogP contribution >= 0.6 is 0 Å². The quantitative estimate of drug-likeness (QED) is 0.817. The summed E-state index contributed by atoms with van der Waals surface area (Å²) in [7, 11) is 0. The van der Waals surface area contributed by atoms with Crippen molar-refractivity contribution in [1.29, 1.82) is 0 Å². The van der Waals surface area contributed by atoms with E-state index in [1.807, 2.05) is 0 Å². The molecule has 2 aromatic rings. The Morgan fingerprint density at radius 3 is 3.06 bits per heavy atom. The second-order valence-corrected chi connectivity index (χ2v) is 3.93. The second kappa shape index (κ2) is 5.42. The maximum atomic E-state index is 11.9. The van der Waals surface area contributed by atoms with Gasteiger partial charge in [-0.3, -0.25) is 9.36 Å². The van der Waals surface area contributed by atoms with Crippen LogP contribution in [0.15, 0.2) is 37.1 Å². The molecule has 18 heavy (non-hydrogen) atoms. The van der Waals surface area contributed by atoms with Gasteiger partial charge in [-0.25, -0.2) is 9.97 Å². The standard InChI is InChI=1S/C12H14N4O2/c1-9(7-17)15-12(18)10-2-3-14-11(6-10)16-5-4-13-8-16/h2-6,8-9,17H,7H2,1H3,(H,15,18). The van der Waals surface area contributed by atoms with Crippen LogP contribution in [0.3, 0.4) is 0 Å². The summed E-state index contributed by atoms with van der Waals surface area (Å²) in [6.07, 6.45) is 6.57. The summed E-state index contributed by atoms with van der Waals surface area (Å²) in [5, 5.41) is 11.6. The lowest BCUT2D eigenvalue weighted by atomic mass is 10.2. The number of nitrogens with one attached hydrogen (secondary N) is 1. The van der Waals surface area contributed by atoms with Crippen LogP contribution in [0.1, 0.15) is 17.3 Å². The summed E-state index contributed by atoms with van der Waals surface area (Å²) in [6, 6.07) is 3.02. The molecular weight excluding hydrogens is 232 g/mol. The number of aliphatic hydroxyl groups is 1. The van der Waals surface area contributed by atoms with Gasteiger partial charge < -0.3 is 10.4 Å². The Labute approximate surface area is 104 Å². The van der Waals surface area contributed by atoms with Crippen molar-refractivity contribution in [2.45, 2.75) is 13.0 Å². The number of hydrogen-bond acceptors (Lipinski definition) is 4. The molecule has 0 aliphatic rings. The van der Waals surface area contributed by atoms with Gasteiger partial charge in [0.2, 0.25) is 0 Å². The first-order valence-electron chi connectivity index (χ1n) is 5.57. The third-order valence-corrected chi connectivity index (χ3v) is 2.43. The first-order chi connectivity index (χ1) is 8.70. The van der Waals surface area contributed by atoms with Crippen LogP contribution in [0, 0.1) is 0 Å². The molecule has 0 fully saturated rings. The van der Waals surface area contributed by atoms with Gasteiger partial charge in [-0.1, -0.05) is 0 Å². The van der Waals surface area contributed by atoms with E-state index >= 15 is 0 Å². The summed E-state index contributed by atoms with van der Waals surface area (Å²) in [4.78, 5) is 19.9. The molecule has 0 aliphatic carbocycles. The predicted molar refractivity (Wildman–Crippen MR) is 65.4 cm³/mol. The highest BCUT2D eigenvalue weighted by Gasteiger charge is 2.10. The van der Waals surface area contributed by atoms with Gasteiger partial charge in [-0.2, -0.15) is 0 Å². The van der Waals surface area contributed by atoms with Gasteiger partial charge in [-0.15, -0.1) is 0 Å². The minimum atomic E-state index is -0.276. The Morgan fingerprint density at radius 1 is 1.56 bits per heavy atom. The molecule has 2 aromatic heterocycles. The number of carbonyl (C=O) groups excluding carboxylic acids is 1. The maximum Gasteiger partial charge on any atom is 0.251 e. The number of hydrogen-bond donors (Lipinski definition) is 2. The molecule has 2 heterocycles. The molecule has 2 rings (SSSR count). The van der Waals surface area contributed by atoms with Crippen LogP contribution in [0.25, 0.3) is 5.82 Å². The zero-order chi connectivity index (χ0) is 13.0. The number of pyridine rings is 1. The zero-order valence-corrected chi connectivity index (χ0v) is 9.95. The lowest BCUT2D eigenvalue weighted by Gasteiger charge is -2.11. The molecule has 1 amide bonds. The van der Waals surface area contributed by atoms with Crippen LogP contribution in [0.5, 0.6) is 0 Å². The van der Waals surface area contributed by atoms with Gasteiger partial charge >= 0.3 is 0 Å². The van der Waals surface area contributed by atoms with Gasteiger partial charge in [0.15, 0.2) is 0 Å². The molecule has 0 bridgehead atoms. The number of imidazole rings is 1. The lowest BCUT2D eigenvalue weighted by Crippen LogP contribution is -2.35. The van der Waals surface area contributed by atoms with E-state index in [-0.39, 0.29) is 18.6 Å². The molecule has 0 saturated heterocycles. The fraction of sp³-hybridized carbons (Fsp3) is 0.250. The van der Waals surface area contributed by atoms with E-state index in [0.29, 0.717) is 11.4 Å². The second-order valence-electron chi connectivity index (χ2n) is 3.93. The molecule has 6 nitrogen and oxygen atoms in total. The van der Waals surface area contributed by atoms with Crippen molar-refractivity contribution >= 4 is 5.91 Å². The Hall–Kier alpha value is -2.21.